The van der Waals surface area contributed by atoms with Crippen molar-refractivity contribution < 1.29 is 4.57 Å². The molecular formula is C31H26N3+. The van der Waals surface area contributed by atoms with Crippen LogP contribution in [0, 0.1) is 0 Å². The molecule has 3 heteroatoms. The molecule has 7 rings (SSSR count). The van der Waals surface area contributed by atoms with E-state index in [1.54, 1.807) is 0 Å². The molecule has 0 bridgehead atoms. The summed E-state index contributed by atoms with van der Waals surface area (Å²) in [5, 5.41) is 0. The second-order valence-electron chi connectivity index (χ2n) is 9.28. The van der Waals surface area contributed by atoms with Crippen LogP contribution in [0.1, 0.15) is 29.0 Å². The molecule has 4 unspecified atom stereocenters. The molecule has 0 spiro atoms. The first kappa shape index (κ1) is 19.4. The van der Waals surface area contributed by atoms with Crippen LogP contribution < -0.4 is 14.4 Å². The number of hydrogen-bond donors (Lipinski definition) is 0. The fraction of sp³-hybridized carbons (Fsp3) is 0.129. The lowest BCUT2D eigenvalue weighted by atomic mass is 9.75. The van der Waals surface area contributed by atoms with Crippen LogP contribution in [0.25, 0.3) is 11.3 Å². The number of anilines is 2. The summed E-state index contributed by atoms with van der Waals surface area (Å²) in [6.45, 7) is 4.34. The highest BCUT2D eigenvalue weighted by molar-refractivity contribution is 5.72. The van der Waals surface area contributed by atoms with Gasteiger partial charge in [-0.05, 0) is 41.5 Å². The van der Waals surface area contributed by atoms with Crippen molar-refractivity contribution >= 4 is 11.4 Å². The largest absolute Gasteiger partial charge is 0.324 e. The van der Waals surface area contributed by atoms with Gasteiger partial charge in [0.2, 0.25) is 5.69 Å². The first-order valence-electron chi connectivity index (χ1n) is 12.0. The summed E-state index contributed by atoms with van der Waals surface area (Å²) in [5.41, 5.74) is 7.85. The minimum absolute atomic E-state index is 0.165. The highest BCUT2D eigenvalue weighted by atomic mass is 15.4. The van der Waals surface area contributed by atoms with E-state index in [0.29, 0.717) is 0 Å². The molecule has 0 saturated heterocycles. The number of nitrogens with zero attached hydrogens (tertiary/aromatic N) is 3. The Bertz CT molecular complexity index is 1420. The van der Waals surface area contributed by atoms with E-state index < -0.39 is 0 Å². The normalized spacial score (nSPS) is 23.8. The lowest BCUT2D eigenvalue weighted by Crippen LogP contribution is -2.54. The van der Waals surface area contributed by atoms with Crippen molar-refractivity contribution in [3.8, 4) is 11.3 Å². The average Bonchev–Trinajstić information content (AvgIpc) is 3.47. The molecule has 3 aliphatic heterocycles. The monoisotopic (exact) mass is 440 g/mol. The van der Waals surface area contributed by atoms with Gasteiger partial charge in [-0.2, -0.15) is 4.57 Å². The SMILES string of the molecule is C=CC1c2ccccc2-c2cccc[n+]2C1C1c2ccccc2N2C=CN(c3ccccc3)C12. The molecule has 0 fully saturated rings. The number of rotatable bonds is 3. The van der Waals surface area contributed by atoms with Crippen LogP contribution in [0.3, 0.4) is 0 Å². The quantitative estimate of drug-likeness (QED) is 0.270. The van der Waals surface area contributed by atoms with Crippen LogP contribution in [-0.2, 0) is 0 Å². The van der Waals surface area contributed by atoms with Crippen LogP contribution >= 0.6 is 0 Å². The van der Waals surface area contributed by atoms with Crippen molar-refractivity contribution in [2.75, 3.05) is 9.80 Å². The van der Waals surface area contributed by atoms with Gasteiger partial charge in [0.1, 0.15) is 6.17 Å². The second-order valence-corrected chi connectivity index (χ2v) is 9.28. The summed E-state index contributed by atoms with van der Waals surface area (Å²) >= 11 is 0. The van der Waals surface area contributed by atoms with Crippen molar-refractivity contribution in [2.45, 2.75) is 24.0 Å². The van der Waals surface area contributed by atoms with E-state index in [-0.39, 0.29) is 24.0 Å². The molecule has 4 atom stereocenters. The minimum atomic E-state index is 0.165. The van der Waals surface area contributed by atoms with Gasteiger partial charge in [0.05, 0.1) is 17.4 Å². The zero-order chi connectivity index (χ0) is 22.6. The van der Waals surface area contributed by atoms with Gasteiger partial charge in [0.15, 0.2) is 12.2 Å². The predicted molar refractivity (Wildman–Crippen MR) is 138 cm³/mol. The maximum Gasteiger partial charge on any atom is 0.213 e. The Kier molecular flexibility index (Phi) is 4.25. The van der Waals surface area contributed by atoms with Gasteiger partial charge in [-0.3, -0.25) is 0 Å². The molecule has 0 saturated carbocycles. The number of benzene rings is 3. The molecule has 0 radical (unpaired) electrons. The topological polar surface area (TPSA) is 10.4 Å². The van der Waals surface area contributed by atoms with Gasteiger partial charge < -0.3 is 9.80 Å². The highest BCUT2D eigenvalue weighted by Crippen LogP contribution is 2.54. The van der Waals surface area contributed by atoms with E-state index in [0.717, 1.165) is 0 Å². The molecule has 0 amide bonds. The smallest absolute Gasteiger partial charge is 0.213 e. The first-order chi connectivity index (χ1) is 16.9. The standard InChI is InChI=1S/C31H26N3/c1-2-23-24-14-6-7-15-25(24)27-18-10-11-19-33(27)30(23)29-26-16-8-9-17-28(26)34-21-20-32(31(29)34)22-12-4-3-5-13-22/h2-21,23,29-31H,1H2/q+1. The average molecular weight is 441 g/mol. The summed E-state index contributed by atoms with van der Waals surface area (Å²) in [6.07, 6.45) is 9.06. The third kappa shape index (κ3) is 2.61. The fourth-order valence-electron chi connectivity index (χ4n) is 6.37. The lowest BCUT2D eigenvalue weighted by Gasteiger charge is -2.38. The Hall–Kier alpha value is -4.11. The van der Waals surface area contributed by atoms with Crippen LogP contribution in [0.15, 0.2) is 128 Å². The van der Waals surface area contributed by atoms with Gasteiger partial charge in [0, 0.05) is 35.9 Å². The molecule has 0 N–H and O–H groups in total. The Labute approximate surface area is 200 Å². The molecule has 164 valence electrons. The third-order valence-corrected chi connectivity index (χ3v) is 7.70. The van der Waals surface area contributed by atoms with Gasteiger partial charge in [-0.15, -0.1) is 6.58 Å². The van der Waals surface area contributed by atoms with Gasteiger partial charge >= 0.3 is 0 Å². The Morgan fingerprint density at radius 1 is 0.706 bits per heavy atom. The van der Waals surface area contributed by atoms with Crippen LogP contribution in [-0.4, -0.2) is 6.17 Å². The zero-order valence-corrected chi connectivity index (χ0v) is 18.9. The van der Waals surface area contributed by atoms with Crippen molar-refractivity contribution in [3.05, 3.63) is 139 Å². The summed E-state index contributed by atoms with van der Waals surface area (Å²) in [5.74, 6) is 0.446. The summed E-state index contributed by atoms with van der Waals surface area (Å²) in [6, 6.07) is 35.2. The van der Waals surface area contributed by atoms with Crippen molar-refractivity contribution in [1.29, 1.82) is 0 Å². The maximum atomic E-state index is 4.34. The van der Waals surface area contributed by atoms with Crippen LogP contribution in [0.4, 0.5) is 11.4 Å². The van der Waals surface area contributed by atoms with Crippen molar-refractivity contribution in [1.82, 2.24) is 0 Å². The predicted octanol–water partition coefficient (Wildman–Crippen LogP) is 6.39. The molecule has 3 aliphatic rings. The van der Waals surface area contributed by atoms with E-state index in [1.807, 2.05) is 0 Å². The third-order valence-electron chi connectivity index (χ3n) is 7.70. The summed E-state index contributed by atoms with van der Waals surface area (Å²) in [7, 11) is 0. The second kappa shape index (κ2) is 7.46. The number of allylic oxidation sites excluding steroid dienone is 1. The fourth-order valence-corrected chi connectivity index (χ4v) is 6.37. The first-order valence-corrected chi connectivity index (χ1v) is 12.0. The highest BCUT2D eigenvalue weighted by Gasteiger charge is 2.54. The summed E-state index contributed by atoms with van der Waals surface area (Å²) in [4.78, 5) is 4.89. The van der Waals surface area contributed by atoms with Gasteiger partial charge in [-0.25, -0.2) is 0 Å². The number of fused-ring (bicyclic) bond motifs is 6. The summed E-state index contributed by atoms with van der Waals surface area (Å²) < 4.78 is 2.50. The zero-order valence-electron chi connectivity index (χ0n) is 18.9. The molecule has 3 nitrogen and oxygen atoms in total. The molecule has 3 aromatic carbocycles. The van der Waals surface area contributed by atoms with E-state index in [1.165, 1.54) is 33.8 Å². The van der Waals surface area contributed by atoms with E-state index >= 15 is 0 Å². The maximum absolute atomic E-state index is 4.34. The molecule has 1 aromatic heterocycles. The number of hydrogen-bond acceptors (Lipinski definition) is 2. The van der Waals surface area contributed by atoms with Crippen molar-refractivity contribution in [3.63, 3.8) is 0 Å². The lowest BCUT2D eigenvalue weighted by molar-refractivity contribution is -0.720. The molecule has 0 aliphatic carbocycles. The molecule has 4 heterocycles. The molecule has 4 aromatic rings. The minimum Gasteiger partial charge on any atom is -0.324 e. The number of aromatic nitrogens is 1. The number of pyridine rings is 1. The van der Waals surface area contributed by atoms with Gasteiger partial charge in [0.25, 0.3) is 0 Å². The van der Waals surface area contributed by atoms with E-state index in [2.05, 4.69) is 143 Å². The van der Waals surface area contributed by atoms with E-state index in [4.69, 9.17) is 0 Å². The van der Waals surface area contributed by atoms with E-state index in [9.17, 15) is 0 Å². The van der Waals surface area contributed by atoms with Gasteiger partial charge in [-0.1, -0.05) is 60.7 Å². The molecular weight excluding hydrogens is 414 g/mol. The Morgan fingerprint density at radius 2 is 1.41 bits per heavy atom. The number of para-hydroxylation sites is 2. The van der Waals surface area contributed by atoms with Crippen molar-refractivity contribution in [2.24, 2.45) is 0 Å². The van der Waals surface area contributed by atoms with Crippen LogP contribution in [0.2, 0.25) is 0 Å². The Morgan fingerprint density at radius 3 is 2.26 bits per heavy atom. The van der Waals surface area contributed by atoms with Crippen LogP contribution in [0.5, 0.6) is 0 Å². The Balaban J connectivity index is 1.46. The molecule has 34 heavy (non-hydrogen) atoms.